The number of carbonyl (C=O) groups is 1. The van der Waals surface area contributed by atoms with Crippen molar-refractivity contribution in [1.82, 2.24) is 0 Å². The van der Waals surface area contributed by atoms with E-state index in [2.05, 4.69) is 5.32 Å². The fraction of sp³-hybridized carbons (Fsp3) is 0.136. The smallest absolute Gasteiger partial charge is 0.273 e. The molecule has 8 nitrogen and oxygen atoms in total. The van der Waals surface area contributed by atoms with Gasteiger partial charge in [0.15, 0.2) is 0 Å². The largest absolute Gasteiger partial charge is 0.491 e. The van der Waals surface area contributed by atoms with Crippen LogP contribution in [0.15, 0.2) is 78.9 Å². The quantitative estimate of drug-likeness (QED) is 0.413. The minimum Gasteiger partial charge on any atom is -0.491 e. The van der Waals surface area contributed by atoms with E-state index in [0.717, 1.165) is 0 Å². The molecule has 0 aliphatic carbocycles. The lowest BCUT2D eigenvalue weighted by atomic mass is 10.2. The van der Waals surface area contributed by atoms with Gasteiger partial charge in [0.25, 0.3) is 11.6 Å². The first-order valence-electron chi connectivity index (χ1n) is 9.16. The molecule has 0 saturated carbocycles. The zero-order chi connectivity index (χ0) is 21.3. The maximum atomic E-state index is 12.1. The molecule has 0 unspecified atom stereocenters. The van der Waals surface area contributed by atoms with Crippen LogP contribution in [0.4, 0.5) is 11.4 Å². The molecule has 1 atom stereocenters. The molecule has 0 aromatic heterocycles. The number of nitrogens with zero attached hydrogens (tertiary/aromatic N) is 1. The van der Waals surface area contributed by atoms with E-state index in [1.54, 1.807) is 54.6 Å². The fourth-order valence-electron chi connectivity index (χ4n) is 2.55. The van der Waals surface area contributed by atoms with Crippen LogP contribution in [0.1, 0.15) is 10.4 Å². The van der Waals surface area contributed by atoms with Crippen LogP contribution in [0, 0.1) is 10.1 Å². The van der Waals surface area contributed by atoms with Gasteiger partial charge >= 0.3 is 0 Å². The van der Waals surface area contributed by atoms with Crippen molar-refractivity contribution in [1.29, 1.82) is 0 Å². The summed E-state index contributed by atoms with van der Waals surface area (Å²) in [6, 6.07) is 21.3. The number of benzene rings is 3. The Balaban J connectivity index is 1.45. The first-order valence-corrected chi connectivity index (χ1v) is 9.16. The first kappa shape index (κ1) is 20.8. The van der Waals surface area contributed by atoms with Gasteiger partial charge in [-0.05, 0) is 42.5 Å². The number of aliphatic hydroxyl groups excluding tert-OH is 1. The van der Waals surface area contributed by atoms with Crippen molar-refractivity contribution in [3.63, 3.8) is 0 Å². The van der Waals surface area contributed by atoms with Crippen LogP contribution >= 0.6 is 0 Å². The zero-order valence-corrected chi connectivity index (χ0v) is 15.9. The summed E-state index contributed by atoms with van der Waals surface area (Å²) in [4.78, 5) is 22.4. The highest BCUT2D eigenvalue weighted by Gasteiger charge is 2.10. The van der Waals surface area contributed by atoms with E-state index in [1.165, 1.54) is 18.2 Å². The van der Waals surface area contributed by atoms with Gasteiger partial charge in [-0.3, -0.25) is 14.9 Å². The number of hydrogen-bond acceptors (Lipinski definition) is 6. The molecule has 0 spiro atoms. The van der Waals surface area contributed by atoms with Crippen LogP contribution in [-0.2, 0) is 0 Å². The second-order valence-electron chi connectivity index (χ2n) is 6.37. The van der Waals surface area contributed by atoms with Crippen molar-refractivity contribution >= 4 is 17.3 Å². The first-order chi connectivity index (χ1) is 14.5. The Morgan fingerprint density at radius 1 is 0.933 bits per heavy atom. The van der Waals surface area contributed by atoms with E-state index in [9.17, 15) is 20.0 Å². The predicted molar refractivity (Wildman–Crippen MR) is 111 cm³/mol. The molecule has 8 heteroatoms. The van der Waals surface area contributed by atoms with Gasteiger partial charge in [-0.15, -0.1) is 0 Å². The van der Waals surface area contributed by atoms with Crippen molar-refractivity contribution in [2.45, 2.75) is 6.10 Å². The van der Waals surface area contributed by atoms with Crippen LogP contribution in [0.3, 0.4) is 0 Å². The van der Waals surface area contributed by atoms with E-state index >= 15 is 0 Å². The second-order valence-corrected chi connectivity index (χ2v) is 6.37. The molecule has 0 fully saturated rings. The predicted octanol–water partition coefficient (Wildman–Crippen LogP) is 3.67. The summed E-state index contributed by atoms with van der Waals surface area (Å²) in [6.45, 7) is -0.100. The van der Waals surface area contributed by atoms with Crippen LogP contribution in [0.2, 0.25) is 0 Å². The van der Waals surface area contributed by atoms with Gasteiger partial charge in [0.1, 0.15) is 30.8 Å². The van der Waals surface area contributed by atoms with Gasteiger partial charge in [0, 0.05) is 17.3 Å². The molecule has 2 N–H and O–H groups in total. The van der Waals surface area contributed by atoms with Crippen molar-refractivity contribution in [2.75, 3.05) is 18.5 Å². The summed E-state index contributed by atoms with van der Waals surface area (Å²) in [5, 5.41) is 23.6. The number of non-ortho nitro benzene ring substituents is 1. The van der Waals surface area contributed by atoms with Gasteiger partial charge in [0.05, 0.1) is 11.0 Å². The molecule has 0 aliphatic heterocycles. The van der Waals surface area contributed by atoms with Crippen molar-refractivity contribution in [2.24, 2.45) is 0 Å². The Bertz CT molecular complexity index is 992. The SMILES string of the molecule is O=C(Nc1ccc(OC[C@@H](O)COc2cccc([N+](=O)[O-])c2)cc1)c1ccccc1. The molecular weight excluding hydrogens is 388 g/mol. The number of rotatable bonds is 9. The molecule has 1 amide bonds. The average molecular weight is 408 g/mol. The molecule has 0 heterocycles. The average Bonchev–Trinajstić information content (AvgIpc) is 2.78. The number of anilines is 1. The number of nitro benzene ring substituents is 1. The maximum absolute atomic E-state index is 12.1. The van der Waals surface area contributed by atoms with Gasteiger partial charge in [-0.2, -0.15) is 0 Å². The number of nitro groups is 1. The van der Waals surface area contributed by atoms with Crippen LogP contribution < -0.4 is 14.8 Å². The van der Waals surface area contributed by atoms with Crippen molar-refractivity contribution < 1.29 is 24.3 Å². The van der Waals surface area contributed by atoms with E-state index < -0.39 is 11.0 Å². The molecule has 0 bridgehead atoms. The minimum atomic E-state index is -0.929. The highest BCUT2D eigenvalue weighted by Crippen LogP contribution is 2.20. The van der Waals surface area contributed by atoms with Crippen LogP contribution in [0.25, 0.3) is 0 Å². The standard InChI is InChI=1S/C22H20N2O6/c25-19(15-30-21-8-4-7-18(13-21)24(27)28)14-29-20-11-9-17(10-12-20)23-22(26)16-5-2-1-3-6-16/h1-13,19,25H,14-15H2,(H,23,26)/t19-/m1/s1. The third-order valence-electron chi connectivity index (χ3n) is 4.06. The summed E-state index contributed by atoms with van der Waals surface area (Å²) in [7, 11) is 0. The number of aliphatic hydroxyl groups is 1. The molecule has 0 radical (unpaired) electrons. The Kier molecular flexibility index (Phi) is 6.96. The second kappa shape index (κ2) is 10.0. The van der Waals surface area contributed by atoms with E-state index in [-0.39, 0.29) is 24.8 Å². The zero-order valence-electron chi connectivity index (χ0n) is 15.9. The molecule has 3 rings (SSSR count). The van der Waals surface area contributed by atoms with Gasteiger partial charge < -0.3 is 19.9 Å². The lowest BCUT2D eigenvalue weighted by molar-refractivity contribution is -0.384. The summed E-state index contributed by atoms with van der Waals surface area (Å²) < 4.78 is 10.9. The van der Waals surface area contributed by atoms with Gasteiger partial charge in [-0.1, -0.05) is 24.3 Å². The van der Waals surface area contributed by atoms with Gasteiger partial charge in [0.2, 0.25) is 0 Å². The van der Waals surface area contributed by atoms with Crippen LogP contribution in [0.5, 0.6) is 11.5 Å². The third-order valence-corrected chi connectivity index (χ3v) is 4.06. The topological polar surface area (TPSA) is 111 Å². The number of nitrogens with one attached hydrogen (secondary N) is 1. The number of ether oxygens (including phenoxy) is 2. The molecule has 154 valence electrons. The summed E-state index contributed by atoms with van der Waals surface area (Å²) >= 11 is 0. The van der Waals surface area contributed by atoms with Gasteiger partial charge in [-0.25, -0.2) is 0 Å². The summed E-state index contributed by atoms with van der Waals surface area (Å²) in [6.07, 6.45) is -0.929. The number of hydrogen-bond donors (Lipinski definition) is 2. The van der Waals surface area contributed by atoms with Crippen LogP contribution in [-0.4, -0.2) is 35.3 Å². The summed E-state index contributed by atoms with van der Waals surface area (Å²) in [5.74, 6) is 0.599. The summed E-state index contributed by atoms with van der Waals surface area (Å²) in [5.41, 5.74) is 1.09. The monoisotopic (exact) mass is 408 g/mol. The normalized spacial score (nSPS) is 11.4. The fourth-order valence-corrected chi connectivity index (χ4v) is 2.55. The molecule has 3 aromatic rings. The molecule has 30 heavy (non-hydrogen) atoms. The van der Waals surface area contributed by atoms with E-state index in [1.807, 2.05) is 6.07 Å². The number of amides is 1. The Morgan fingerprint density at radius 3 is 2.27 bits per heavy atom. The number of carbonyl (C=O) groups excluding carboxylic acids is 1. The lowest BCUT2D eigenvalue weighted by Crippen LogP contribution is -2.25. The third kappa shape index (κ3) is 6.05. The maximum Gasteiger partial charge on any atom is 0.273 e. The minimum absolute atomic E-state index is 0.0232. The van der Waals surface area contributed by atoms with Crippen molar-refractivity contribution in [3.05, 3.63) is 94.5 Å². The van der Waals surface area contributed by atoms with E-state index in [4.69, 9.17) is 9.47 Å². The molecule has 0 aliphatic rings. The Hall–Kier alpha value is -3.91. The molecule has 3 aromatic carbocycles. The Morgan fingerprint density at radius 2 is 1.60 bits per heavy atom. The highest BCUT2D eigenvalue weighted by molar-refractivity contribution is 6.04. The lowest BCUT2D eigenvalue weighted by Gasteiger charge is -2.14. The van der Waals surface area contributed by atoms with E-state index in [0.29, 0.717) is 22.7 Å². The Labute approximate surface area is 172 Å². The molecular formula is C22H20N2O6. The van der Waals surface area contributed by atoms with Crippen molar-refractivity contribution in [3.8, 4) is 11.5 Å². The molecule has 0 saturated heterocycles. The highest BCUT2D eigenvalue weighted by atomic mass is 16.6.